The Hall–Kier alpha value is -2.17. The molecule has 0 bridgehead atoms. The third-order valence-corrected chi connectivity index (χ3v) is 3.61. The molecule has 1 heterocycles. The molecule has 5 nitrogen and oxygen atoms in total. The first-order valence-electron chi connectivity index (χ1n) is 6.93. The van der Waals surface area contributed by atoms with E-state index in [0.717, 1.165) is 10.5 Å². The smallest absolute Gasteiger partial charge is 0.229 e. The lowest BCUT2D eigenvalue weighted by Crippen LogP contribution is -2.45. The quantitative estimate of drug-likeness (QED) is 0.628. The van der Waals surface area contributed by atoms with E-state index in [0.29, 0.717) is 24.2 Å². The molecule has 0 saturated carbocycles. The Kier molecular flexibility index (Phi) is 4.40. The van der Waals surface area contributed by atoms with Crippen molar-refractivity contribution in [2.24, 2.45) is 5.92 Å². The van der Waals surface area contributed by atoms with Gasteiger partial charge in [-0.1, -0.05) is 13.0 Å². The van der Waals surface area contributed by atoms with E-state index in [-0.39, 0.29) is 30.1 Å². The number of hydrogen-bond acceptors (Lipinski definition) is 4. The summed E-state index contributed by atoms with van der Waals surface area (Å²) in [6.07, 6.45) is 0.619. The van der Waals surface area contributed by atoms with Crippen LogP contribution in [0.15, 0.2) is 18.2 Å². The van der Waals surface area contributed by atoms with E-state index in [2.05, 4.69) is 0 Å². The van der Waals surface area contributed by atoms with Gasteiger partial charge in [-0.05, 0) is 30.5 Å². The van der Waals surface area contributed by atoms with E-state index >= 15 is 0 Å². The highest BCUT2D eigenvalue weighted by Gasteiger charge is 2.32. The fourth-order valence-corrected chi connectivity index (χ4v) is 2.46. The zero-order valence-corrected chi connectivity index (χ0v) is 12.5. The second-order valence-electron chi connectivity index (χ2n) is 5.51. The fourth-order valence-electron chi connectivity index (χ4n) is 2.46. The number of carbonyl (C=O) groups is 3. The number of benzene rings is 1. The monoisotopic (exact) mass is 289 g/mol. The van der Waals surface area contributed by atoms with Crippen molar-refractivity contribution in [3.63, 3.8) is 0 Å². The number of ether oxygens (including phenoxy) is 1. The molecule has 0 aliphatic carbocycles. The first kappa shape index (κ1) is 15.2. The van der Waals surface area contributed by atoms with Crippen LogP contribution in [0.5, 0.6) is 5.75 Å². The molecule has 5 heteroatoms. The molecule has 1 aromatic rings. The van der Waals surface area contributed by atoms with Crippen LogP contribution < -0.4 is 4.74 Å². The van der Waals surface area contributed by atoms with Gasteiger partial charge in [-0.15, -0.1) is 0 Å². The number of methoxy groups -OCH3 is 1. The van der Waals surface area contributed by atoms with E-state index < -0.39 is 0 Å². The van der Waals surface area contributed by atoms with Crippen LogP contribution in [0.4, 0.5) is 0 Å². The van der Waals surface area contributed by atoms with E-state index in [1.54, 1.807) is 18.2 Å². The van der Waals surface area contributed by atoms with Gasteiger partial charge in [0.05, 0.1) is 19.2 Å². The number of amides is 2. The molecule has 1 aliphatic rings. The molecule has 1 fully saturated rings. The maximum absolute atomic E-state index is 12.4. The number of hydrogen-bond donors (Lipinski definition) is 0. The molecule has 0 unspecified atom stereocenters. The summed E-state index contributed by atoms with van der Waals surface area (Å²) < 4.78 is 5.20. The maximum Gasteiger partial charge on any atom is 0.229 e. The third kappa shape index (κ3) is 3.29. The van der Waals surface area contributed by atoms with Gasteiger partial charge in [0.15, 0.2) is 5.78 Å². The van der Waals surface area contributed by atoms with Gasteiger partial charge in [0.2, 0.25) is 11.8 Å². The predicted octanol–water partition coefficient (Wildman–Crippen LogP) is 1.97. The van der Waals surface area contributed by atoms with Gasteiger partial charge in [0.1, 0.15) is 5.75 Å². The van der Waals surface area contributed by atoms with Gasteiger partial charge in [0, 0.05) is 12.8 Å². The Bertz CT molecular complexity index is 576. The number of imide groups is 1. The first-order chi connectivity index (χ1) is 9.92. The van der Waals surface area contributed by atoms with Gasteiger partial charge in [-0.3, -0.25) is 19.3 Å². The summed E-state index contributed by atoms with van der Waals surface area (Å²) in [5.74, 6) is -0.338. The number of ketones is 1. The summed E-state index contributed by atoms with van der Waals surface area (Å²) in [5.41, 5.74) is 1.37. The number of piperidine rings is 1. The normalized spacial score (nSPS) is 16.2. The molecule has 2 amide bonds. The molecular weight excluding hydrogens is 270 g/mol. The molecule has 0 spiro atoms. The molecule has 0 aromatic heterocycles. The van der Waals surface area contributed by atoms with Gasteiger partial charge in [0.25, 0.3) is 0 Å². The van der Waals surface area contributed by atoms with Crippen molar-refractivity contribution in [1.29, 1.82) is 0 Å². The van der Waals surface area contributed by atoms with Crippen molar-refractivity contribution in [2.45, 2.75) is 26.7 Å². The average Bonchev–Trinajstić information content (AvgIpc) is 2.42. The van der Waals surface area contributed by atoms with E-state index in [9.17, 15) is 14.4 Å². The first-order valence-corrected chi connectivity index (χ1v) is 6.93. The van der Waals surface area contributed by atoms with Crippen LogP contribution in [0.1, 0.15) is 35.7 Å². The minimum atomic E-state index is -0.289. The highest BCUT2D eigenvalue weighted by atomic mass is 16.5. The van der Waals surface area contributed by atoms with Crippen molar-refractivity contribution in [1.82, 2.24) is 4.90 Å². The third-order valence-electron chi connectivity index (χ3n) is 3.61. The Morgan fingerprint density at radius 2 is 1.90 bits per heavy atom. The van der Waals surface area contributed by atoms with Crippen molar-refractivity contribution in [3.05, 3.63) is 29.3 Å². The van der Waals surface area contributed by atoms with E-state index in [1.165, 1.54) is 7.11 Å². The highest BCUT2D eigenvalue weighted by molar-refractivity contribution is 6.06. The van der Waals surface area contributed by atoms with Crippen LogP contribution in [-0.2, 0) is 9.59 Å². The molecule has 1 aromatic carbocycles. The lowest BCUT2D eigenvalue weighted by atomic mass is 9.97. The Morgan fingerprint density at radius 3 is 2.48 bits per heavy atom. The number of carbonyl (C=O) groups excluding carboxylic acids is 3. The van der Waals surface area contributed by atoms with Crippen LogP contribution in [0, 0.1) is 12.8 Å². The Balaban J connectivity index is 2.18. The molecule has 112 valence electrons. The fraction of sp³-hybridized carbons (Fsp3) is 0.438. The van der Waals surface area contributed by atoms with Crippen LogP contribution in [-0.4, -0.2) is 36.2 Å². The van der Waals surface area contributed by atoms with E-state index in [4.69, 9.17) is 4.74 Å². The summed E-state index contributed by atoms with van der Waals surface area (Å²) in [7, 11) is 1.49. The summed E-state index contributed by atoms with van der Waals surface area (Å²) >= 11 is 0. The lowest BCUT2D eigenvalue weighted by molar-refractivity contribution is -0.149. The van der Waals surface area contributed by atoms with Crippen molar-refractivity contribution in [2.75, 3.05) is 13.7 Å². The number of likely N-dealkylation sites (tertiary alicyclic amines) is 1. The summed E-state index contributed by atoms with van der Waals surface area (Å²) in [6, 6.07) is 5.23. The summed E-state index contributed by atoms with van der Waals surface area (Å²) in [6.45, 7) is 3.54. The van der Waals surface area contributed by atoms with Gasteiger partial charge in [-0.2, -0.15) is 0 Å². The number of Topliss-reactive ketones (excluding diaryl/α,β-unsaturated/α-hetero) is 1. The lowest BCUT2D eigenvalue weighted by Gasteiger charge is -2.27. The van der Waals surface area contributed by atoms with Gasteiger partial charge < -0.3 is 4.74 Å². The molecule has 0 radical (unpaired) electrons. The molecular formula is C16H19NO4. The Labute approximate surface area is 123 Å². The number of nitrogens with zero attached hydrogens (tertiary/aromatic N) is 1. The van der Waals surface area contributed by atoms with Crippen molar-refractivity contribution < 1.29 is 19.1 Å². The van der Waals surface area contributed by atoms with E-state index in [1.807, 2.05) is 13.8 Å². The van der Waals surface area contributed by atoms with Crippen LogP contribution in [0.25, 0.3) is 0 Å². The zero-order valence-electron chi connectivity index (χ0n) is 12.5. The van der Waals surface area contributed by atoms with Gasteiger partial charge >= 0.3 is 0 Å². The minimum Gasteiger partial charge on any atom is -0.496 e. The predicted molar refractivity (Wildman–Crippen MR) is 77.2 cm³/mol. The molecule has 21 heavy (non-hydrogen) atoms. The molecule has 1 saturated heterocycles. The highest BCUT2D eigenvalue weighted by Crippen LogP contribution is 2.23. The molecule has 0 N–H and O–H groups in total. The largest absolute Gasteiger partial charge is 0.496 e. The topological polar surface area (TPSA) is 63.7 Å². The number of rotatable bonds is 4. The van der Waals surface area contributed by atoms with Crippen LogP contribution in [0.3, 0.4) is 0 Å². The van der Waals surface area contributed by atoms with Crippen molar-refractivity contribution in [3.8, 4) is 5.75 Å². The summed E-state index contributed by atoms with van der Waals surface area (Å²) in [4.78, 5) is 37.2. The zero-order chi connectivity index (χ0) is 15.6. The maximum atomic E-state index is 12.4. The molecule has 0 atom stereocenters. The SMILES string of the molecule is COc1cc(C)ccc1C(=O)CN1C(=O)CC(C)CC1=O. The van der Waals surface area contributed by atoms with Gasteiger partial charge in [-0.25, -0.2) is 0 Å². The van der Waals surface area contributed by atoms with Crippen molar-refractivity contribution >= 4 is 17.6 Å². The number of aryl methyl sites for hydroxylation is 1. The molecule has 2 rings (SSSR count). The van der Waals surface area contributed by atoms with Crippen LogP contribution in [0.2, 0.25) is 0 Å². The second kappa shape index (κ2) is 6.08. The Morgan fingerprint density at radius 1 is 1.29 bits per heavy atom. The summed E-state index contributed by atoms with van der Waals surface area (Å²) in [5, 5.41) is 0. The standard InChI is InChI=1S/C16H19NO4/c1-10-4-5-12(14(6-10)21-3)13(18)9-17-15(19)7-11(2)8-16(17)20/h4-6,11H,7-9H2,1-3H3. The average molecular weight is 289 g/mol. The molecule has 1 aliphatic heterocycles. The minimum absolute atomic E-state index is 0.0465. The second-order valence-corrected chi connectivity index (χ2v) is 5.51. The van der Waals surface area contributed by atoms with Crippen LogP contribution >= 0.6 is 0 Å².